The molecule has 2 aromatic rings. The van der Waals surface area contributed by atoms with Crippen LogP contribution in [0.15, 0.2) is 41.3 Å². The van der Waals surface area contributed by atoms with Crippen molar-refractivity contribution in [2.45, 2.75) is 31.2 Å². The van der Waals surface area contributed by atoms with E-state index in [1.807, 2.05) is 32.0 Å². The van der Waals surface area contributed by atoms with Crippen LogP contribution in [0.1, 0.15) is 31.0 Å². The molecule has 1 atom stereocenters. The summed E-state index contributed by atoms with van der Waals surface area (Å²) in [6, 6.07) is 10.2. The molecular weight excluding hydrogens is 406 g/mol. The number of nitrogens with zero attached hydrogens (tertiary/aromatic N) is 1. The summed E-state index contributed by atoms with van der Waals surface area (Å²) in [4.78, 5) is 13.9. The van der Waals surface area contributed by atoms with Crippen molar-refractivity contribution in [2.24, 2.45) is 0 Å². The molecule has 0 aromatic heterocycles. The molecule has 2 N–H and O–H groups in total. The van der Waals surface area contributed by atoms with Crippen LogP contribution in [0.5, 0.6) is 11.5 Å². The molecule has 0 radical (unpaired) electrons. The predicted molar refractivity (Wildman–Crippen MR) is 112 cm³/mol. The Morgan fingerprint density at radius 1 is 1.10 bits per heavy atom. The second-order valence-electron chi connectivity index (χ2n) is 7.25. The first-order valence-electron chi connectivity index (χ1n) is 9.97. The molecule has 8 nitrogen and oxygen atoms in total. The Morgan fingerprint density at radius 2 is 1.87 bits per heavy atom. The maximum atomic E-state index is 13.0. The third kappa shape index (κ3) is 4.00. The van der Waals surface area contributed by atoms with Crippen LogP contribution in [0, 0.1) is 0 Å². The number of carbonyl (C=O) groups excluding carboxylic acids is 1. The zero-order valence-corrected chi connectivity index (χ0v) is 17.8. The van der Waals surface area contributed by atoms with Gasteiger partial charge in [-0.25, -0.2) is 13.1 Å². The molecule has 2 aromatic carbocycles. The van der Waals surface area contributed by atoms with E-state index in [0.717, 1.165) is 18.7 Å². The first-order valence-corrected chi connectivity index (χ1v) is 11.5. The third-order valence-electron chi connectivity index (χ3n) is 5.51. The fourth-order valence-corrected chi connectivity index (χ4v) is 4.98. The number of carbonyl (C=O) groups is 1. The van der Waals surface area contributed by atoms with Crippen molar-refractivity contribution in [3.63, 3.8) is 0 Å². The smallest absolute Gasteiger partial charge is 0.240 e. The number of hydrogen-bond acceptors (Lipinski definition) is 6. The number of hydrogen-bond donors (Lipinski definition) is 2. The molecule has 9 heteroatoms. The molecule has 1 amide bonds. The van der Waals surface area contributed by atoms with Crippen LogP contribution in [0.2, 0.25) is 0 Å². The minimum atomic E-state index is -3.74. The Balaban J connectivity index is 1.56. The third-order valence-corrected chi connectivity index (χ3v) is 6.93. The van der Waals surface area contributed by atoms with Gasteiger partial charge in [-0.1, -0.05) is 19.9 Å². The summed E-state index contributed by atoms with van der Waals surface area (Å²) >= 11 is 0. The molecule has 1 unspecified atom stereocenters. The van der Waals surface area contributed by atoms with Gasteiger partial charge in [-0.2, -0.15) is 0 Å². The van der Waals surface area contributed by atoms with E-state index < -0.39 is 10.0 Å². The number of ether oxygens (including phenoxy) is 2. The van der Waals surface area contributed by atoms with E-state index >= 15 is 0 Å². The molecule has 2 aliphatic rings. The highest BCUT2D eigenvalue weighted by atomic mass is 32.2. The normalized spacial score (nSPS) is 15.9. The van der Waals surface area contributed by atoms with Gasteiger partial charge < -0.3 is 14.8 Å². The molecule has 0 fully saturated rings. The van der Waals surface area contributed by atoms with Gasteiger partial charge in [0.1, 0.15) is 0 Å². The predicted octanol–water partition coefficient (Wildman–Crippen LogP) is 2.27. The summed E-state index contributed by atoms with van der Waals surface area (Å²) in [7, 11) is -3.74. The maximum Gasteiger partial charge on any atom is 0.240 e. The van der Waals surface area contributed by atoms with Gasteiger partial charge in [-0.3, -0.25) is 9.69 Å². The van der Waals surface area contributed by atoms with E-state index in [9.17, 15) is 13.2 Å². The maximum absolute atomic E-state index is 13.0. The van der Waals surface area contributed by atoms with E-state index in [1.54, 1.807) is 12.1 Å². The van der Waals surface area contributed by atoms with Crippen molar-refractivity contribution in [1.82, 2.24) is 9.62 Å². The Morgan fingerprint density at radius 3 is 2.63 bits per heavy atom. The van der Waals surface area contributed by atoms with Gasteiger partial charge in [0.25, 0.3) is 0 Å². The zero-order chi connectivity index (χ0) is 21.3. The van der Waals surface area contributed by atoms with E-state index in [-0.39, 0.29) is 36.6 Å². The van der Waals surface area contributed by atoms with E-state index in [0.29, 0.717) is 22.7 Å². The highest BCUT2D eigenvalue weighted by molar-refractivity contribution is 7.89. The largest absolute Gasteiger partial charge is 0.454 e. The molecule has 2 aliphatic heterocycles. The minimum Gasteiger partial charge on any atom is -0.454 e. The van der Waals surface area contributed by atoms with Crippen LogP contribution in [0.4, 0.5) is 5.69 Å². The summed E-state index contributed by atoms with van der Waals surface area (Å²) in [6.45, 7) is 6.02. The van der Waals surface area contributed by atoms with Crippen molar-refractivity contribution in [3.8, 4) is 11.5 Å². The Bertz CT molecular complexity index is 1070. The second kappa shape index (κ2) is 8.25. The van der Waals surface area contributed by atoms with Crippen LogP contribution in [0.3, 0.4) is 0 Å². The minimum absolute atomic E-state index is 0.128. The lowest BCUT2D eigenvalue weighted by Gasteiger charge is -2.30. The van der Waals surface area contributed by atoms with Crippen LogP contribution in [0.25, 0.3) is 0 Å². The number of fused-ring (bicyclic) bond motifs is 2. The molecule has 0 aliphatic carbocycles. The van der Waals surface area contributed by atoms with Crippen LogP contribution in [-0.4, -0.2) is 45.7 Å². The fourth-order valence-electron chi connectivity index (χ4n) is 3.89. The molecule has 160 valence electrons. The van der Waals surface area contributed by atoms with Crippen LogP contribution in [-0.2, 0) is 21.2 Å². The number of benzene rings is 2. The highest BCUT2D eigenvalue weighted by Gasteiger charge is 2.26. The standard InChI is InChI=1S/C21H25N3O5S/c1-3-24(4-2)18(14-5-8-19-20(10-14)29-13-28-19)12-22-30(26,27)16-6-7-17-15(9-16)11-21(25)23-17/h5-10,18,22H,3-4,11-13H2,1-2H3,(H,23,25). The topological polar surface area (TPSA) is 97.0 Å². The first-order chi connectivity index (χ1) is 14.4. The Hall–Kier alpha value is -2.62. The molecule has 30 heavy (non-hydrogen) atoms. The highest BCUT2D eigenvalue weighted by Crippen LogP contribution is 2.35. The van der Waals surface area contributed by atoms with Crippen molar-refractivity contribution in [3.05, 3.63) is 47.5 Å². The Labute approximate surface area is 176 Å². The van der Waals surface area contributed by atoms with Crippen LogP contribution < -0.4 is 19.5 Å². The number of nitrogens with one attached hydrogen (secondary N) is 2. The SMILES string of the molecule is CCN(CC)C(CNS(=O)(=O)c1ccc2c(c1)CC(=O)N2)c1ccc2c(c1)OCO2. The van der Waals surface area contributed by atoms with Gasteiger partial charge in [0.15, 0.2) is 11.5 Å². The van der Waals surface area contributed by atoms with Crippen molar-refractivity contribution in [2.75, 3.05) is 31.7 Å². The lowest BCUT2D eigenvalue weighted by Crippen LogP contribution is -2.38. The quantitative estimate of drug-likeness (QED) is 0.666. The lowest BCUT2D eigenvalue weighted by atomic mass is 10.0. The summed E-state index contributed by atoms with van der Waals surface area (Å²) in [5, 5.41) is 2.72. The second-order valence-corrected chi connectivity index (χ2v) is 9.01. The monoisotopic (exact) mass is 431 g/mol. The molecule has 0 saturated heterocycles. The average Bonchev–Trinajstić information content (AvgIpc) is 3.35. The molecular formula is C21H25N3O5S. The van der Waals surface area contributed by atoms with Gasteiger partial charge in [-0.05, 0) is 54.5 Å². The van der Waals surface area contributed by atoms with Crippen LogP contribution >= 0.6 is 0 Å². The number of anilines is 1. The molecule has 0 spiro atoms. The van der Waals surface area contributed by atoms with Crippen molar-refractivity contribution < 1.29 is 22.7 Å². The van der Waals surface area contributed by atoms with Gasteiger partial charge >= 0.3 is 0 Å². The summed E-state index contributed by atoms with van der Waals surface area (Å²) in [5.74, 6) is 1.24. The molecule has 2 heterocycles. The summed E-state index contributed by atoms with van der Waals surface area (Å²) < 4.78 is 39.5. The number of amides is 1. The number of rotatable bonds is 8. The zero-order valence-electron chi connectivity index (χ0n) is 17.0. The first kappa shape index (κ1) is 20.6. The van der Waals surface area contributed by atoms with Gasteiger partial charge in [0.05, 0.1) is 11.3 Å². The van der Waals surface area contributed by atoms with Gasteiger partial charge in [0, 0.05) is 18.3 Å². The van der Waals surface area contributed by atoms with E-state index in [1.165, 1.54) is 6.07 Å². The fraction of sp³-hybridized carbons (Fsp3) is 0.381. The van der Waals surface area contributed by atoms with Gasteiger partial charge in [-0.15, -0.1) is 0 Å². The van der Waals surface area contributed by atoms with Crippen molar-refractivity contribution in [1.29, 1.82) is 0 Å². The molecule has 0 saturated carbocycles. The van der Waals surface area contributed by atoms with E-state index in [2.05, 4.69) is 14.9 Å². The number of likely N-dealkylation sites (N-methyl/N-ethyl adjacent to an activating group) is 1. The van der Waals surface area contributed by atoms with Crippen molar-refractivity contribution >= 4 is 21.6 Å². The lowest BCUT2D eigenvalue weighted by molar-refractivity contribution is -0.115. The number of sulfonamides is 1. The average molecular weight is 432 g/mol. The van der Waals surface area contributed by atoms with E-state index in [4.69, 9.17) is 9.47 Å². The van der Waals surface area contributed by atoms with Gasteiger partial charge in [0.2, 0.25) is 22.7 Å². The summed E-state index contributed by atoms with van der Waals surface area (Å²) in [6.07, 6.45) is 0.192. The molecule has 4 rings (SSSR count). The Kier molecular flexibility index (Phi) is 5.68. The molecule has 0 bridgehead atoms. The summed E-state index contributed by atoms with van der Waals surface area (Å²) in [5.41, 5.74) is 2.31.